The van der Waals surface area contributed by atoms with E-state index in [4.69, 9.17) is 32.7 Å². The van der Waals surface area contributed by atoms with Gasteiger partial charge >= 0.3 is 0 Å². The lowest BCUT2D eigenvalue weighted by molar-refractivity contribution is -0.132. The molecule has 2 N–H and O–H groups in total. The molecule has 34 heavy (non-hydrogen) atoms. The summed E-state index contributed by atoms with van der Waals surface area (Å²) in [6.07, 6.45) is 0. The van der Waals surface area contributed by atoms with Crippen LogP contribution in [0.15, 0.2) is 66.2 Å². The number of aromatic hydroxyl groups is 1. The Balaban J connectivity index is 2.01. The summed E-state index contributed by atoms with van der Waals surface area (Å²) >= 11 is 12.3. The lowest BCUT2D eigenvalue weighted by Crippen LogP contribution is -2.29. The van der Waals surface area contributed by atoms with Crippen molar-refractivity contribution in [2.45, 2.75) is 6.04 Å². The molecule has 9 heteroatoms. The van der Waals surface area contributed by atoms with Gasteiger partial charge in [-0.1, -0.05) is 41.4 Å². The molecule has 1 heterocycles. The predicted molar refractivity (Wildman–Crippen MR) is 129 cm³/mol. The second-order valence-corrected chi connectivity index (χ2v) is 8.27. The molecule has 4 rings (SSSR count). The SMILES string of the molecule is COc1cc(/C(O)=C2\C(=O)C(=O)N(c3cccc(Cl)c3)C2c2cccc(O)c2)c(OC)cc1Cl. The number of phenolic OH excluding ortho intramolecular Hbond substituents is 1. The zero-order valence-corrected chi connectivity index (χ0v) is 19.6. The van der Waals surface area contributed by atoms with Crippen LogP contribution in [0.2, 0.25) is 10.0 Å². The van der Waals surface area contributed by atoms with Crippen LogP contribution in [0.5, 0.6) is 17.2 Å². The predicted octanol–water partition coefficient (Wildman–Crippen LogP) is 5.34. The summed E-state index contributed by atoms with van der Waals surface area (Å²) in [4.78, 5) is 27.7. The fourth-order valence-electron chi connectivity index (χ4n) is 3.93. The van der Waals surface area contributed by atoms with E-state index in [0.717, 1.165) is 0 Å². The molecular formula is C25H19Cl2NO6. The van der Waals surface area contributed by atoms with Crippen molar-refractivity contribution in [2.24, 2.45) is 0 Å². The number of ether oxygens (including phenoxy) is 2. The number of hydrogen-bond donors (Lipinski definition) is 2. The van der Waals surface area contributed by atoms with Gasteiger partial charge in [0.25, 0.3) is 11.7 Å². The van der Waals surface area contributed by atoms with Crippen molar-refractivity contribution in [3.05, 3.63) is 87.4 Å². The second-order valence-electron chi connectivity index (χ2n) is 7.43. The fourth-order valence-corrected chi connectivity index (χ4v) is 4.34. The molecule has 1 atom stereocenters. The number of anilines is 1. The first kappa shape index (κ1) is 23.5. The molecule has 1 amide bonds. The van der Waals surface area contributed by atoms with Gasteiger partial charge in [-0.15, -0.1) is 0 Å². The molecular weight excluding hydrogens is 481 g/mol. The van der Waals surface area contributed by atoms with E-state index < -0.39 is 23.5 Å². The van der Waals surface area contributed by atoms with Crippen LogP contribution in [-0.2, 0) is 9.59 Å². The zero-order valence-electron chi connectivity index (χ0n) is 18.1. The Morgan fingerprint density at radius 3 is 2.29 bits per heavy atom. The molecule has 0 aliphatic carbocycles. The highest BCUT2D eigenvalue weighted by molar-refractivity contribution is 6.52. The summed E-state index contributed by atoms with van der Waals surface area (Å²) in [5.74, 6) is -1.92. The van der Waals surface area contributed by atoms with Crippen molar-refractivity contribution in [1.29, 1.82) is 0 Å². The molecule has 7 nitrogen and oxygen atoms in total. The average molecular weight is 500 g/mol. The molecule has 3 aromatic carbocycles. The number of benzene rings is 3. The number of hydrogen-bond acceptors (Lipinski definition) is 6. The Hall–Kier alpha value is -3.68. The zero-order chi connectivity index (χ0) is 24.6. The van der Waals surface area contributed by atoms with Gasteiger partial charge in [-0.05, 0) is 42.0 Å². The molecule has 0 radical (unpaired) electrons. The van der Waals surface area contributed by atoms with Crippen LogP contribution < -0.4 is 14.4 Å². The van der Waals surface area contributed by atoms with Gasteiger partial charge in [-0.25, -0.2) is 0 Å². The van der Waals surface area contributed by atoms with Crippen molar-refractivity contribution in [3.8, 4) is 17.2 Å². The molecule has 1 aliphatic heterocycles. The fraction of sp³-hybridized carbons (Fsp3) is 0.120. The van der Waals surface area contributed by atoms with Crippen molar-refractivity contribution in [2.75, 3.05) is 19.1 Å². The Labute approximate surface area is 205 Å². The molecule has 1 aliphatic rings. The third-order valence-electron chi connectivity index (χ3n) is 5.45. The Bertz CT molecular complexity index is 1340. The second kappa shape index (κ2) is 9.29. The number of Topliss-reactive ketones (excluding diaryl/α,β-unsaturated/α-hetero) is 1. The maximum absolute atomic E-state index is 13.3. The Morgan fingerprint density at radius 1 is 0.941 bits per heavy atom. The van der Waals surface area contributed by atoms with Gasteiger partial charge in [-0.3, -0.25) is 14.5 Å². The van der Waals surface area contributed by atoms with Gasteiger partial charge in [0.15, 0.2) is 0 Å². The summed E-state index contributed by atoms with van der Waals surface area (Å²) in [5.41, 5.74) is 0.666. The highest BCUT2D eigenvalue weighted by atomic mass is 35.5. The third kappa shape index (κ3) is 4.04. The highest BCUT2D eigenvalue weighted by Crippen LogP contribution is 2.45. The number of aliphatic hydroxyl groups excluding tert-OH is 1. The monoisotopic (exact) mass is 499 g/mol. The molecule has 0 spiro atoms. The first-order chi connectivity index (χ1) is 16.3. The largest absolute Gasteiger partial charge is 0.508 e. The van der Waals surface area contributed by atoms with Crippen molar-refractivity contribution in [3.63, 3.8) is 0 Å². The van der Waals surface area contributed by atoms with Crippen LogP contribution >= 0.6 is 23.2 Å². The minimum atomic E-state index is -1.06. The van der Waals surface area contributed by atoms with Crippen LogP contribution in [0, 0.1) is 0 Å². The van der Waals surface area contributed by atoms with Crippen LogP contribution in [0.1, 0.15) is 17.2 Å². The van der Waals surface area contributed by atoms with Crippen molar-refractivity contribution < 1.29 is 29.3 Å². The van der Waals surface area contributed by atoms with E-state index >= 15 is 0 Å². The van der Waals surface area contributed by atoms with Gasteiger partial charge in [-0.2, -0.15) is 0 Å². The summed E-state index contributed by atoms with van der Waals surface area (Å²) < 4.78 is 10.6. The quantitative estimate of drug-likeness (QED) is 0.279. The molecule has 0 bridgehead atoms. The first-order valence-electron chi connectivity index (χ1n) is 10.0. The molecule has 3 aromatic rings. The van der Waals surface area contributed by atoms with Crippen molar-refractivity contribution >= 4 is 46.3 Å². The summed E-state index contributed by atoms with van der Waals surface area (Å²) in [5, 5.41) is 22.0. The number of ketones is 1. The summed E-state index contributed by atoms with van der Waals surface area (Å²) in [7, 11) is 2.79. The molecule has 1 unspecified atom stereocenters. The Kier molecular flexibility index (Phi) is 6.41. The standard InChI is InChI=1S/C25H19Cl2NO6/c1-33-19-12-18(27)20(34-2)11-17(19)23(30)21-22(13-5-3-8-16(29)9-13)28(25(32)24(21)31)15-7-4-6-14(26)10-15/h3-12,22,29-30H,1-2H3/b23-21+. The third-order valence-corrected chi connectivity index (χ3v) is 5.98. The van der Waals surface area contributed by atoms with E-state index in [1.807, 2.05) is 0 Å². The van der Waals surface area contributed by atoms with E-state index in [0.29, 0.717) is 16.3 Å². The summed E-state index contributed by atoms with van der Waals surface area (Å²) in [6, 6.07) is 14.3. The van der Waals surface area contributed by atoms with E-state index in [1.54, 1.807) is 30.3 Å². The number of rotatable bonds is 5. The Morgan fingerprint density at radius 2 is 1.65 bits per heavy atom. The number of amides is 1. The van der Waals surface area contributed by atoms with Gasteiger partial charge in [0.05, 0.1) is 36.4 Å². The smallest absolute Gasteiger partial charge is 0.300 e. The maximum atomic E-state index is 13.3. The number of aliphatic hydroxyl groups is 1. The molecule has 0 aromatic heterocycles. The van der Waals surface area contributed by atoms with E-state index in [1.165, 1.54) is 49.5 Å². The van der Waals surface area contributed by atoms with Crippen LogP contribution in [-0.4, -0.2) is 36.1 Å². The van der Waals surface area contributed by atoms with Crippen LogP contribution in [0.4, 0.5) is 5.69 Å². The minimum Gasteiger partial charge on any atom is -0.508 e. The lowest BCUT2D eigenvalue weighted by atomic mass is 9.94. The number of nitrogens with zero attached hydrogens (tertiary/aromatic N) is 1. The normalized spacial score (nSPS) is 17.2. The number of carbonyl (C=O) groups is 2. The maximum Gasteiger partial charge on any atom is 0.300 e. The van der Waals surface area contributed by atoms with Crippen LogP contribution in [0.3, 0.4) is 0 Å². The average Bonchev–Trinajstić information content (AvgIpc) is 3.09. The molecule has 1 fully saturated rings. The lowest BCUT2D eigenvalue weighted by Gasteiger charge is -2.26. The molecule has 1 saturated heterocycles. The minimum absolute atomic E-state index is 0.0695. The summed E-state index contributed by atoms with van der Waals surface area (Å²) in [6.45, 7) is 0. The van der Waals surface area contributed by atoms with E-state index in [-0.39, 0.29) is 33.4 Å². The first-order valence-corrected chi connectivity index (χ1v) is 10.8. The number of methoxy groups -OCH3 is 2. The molecule has 174 valence electrons. The van der Waals surface area contributed by atoms with Crippen molar-refractivity contribution in [1.82, 2.24) is 0 Å². The number of carbonyl (C=O) groups excluding carboxylic acids is 2. The van der Waals surface area contributed by atoms with Crippen LogP contribution in [0.25, 0.3) is 5.76 Å². The van der Waals surface area contributed by atoms with Gasteiger partial charge in [0, 0.05) is 16.8 Å². The number of phenols is 1. The van der Waals surface area contributed by atoms with Gasteiger partial charge in [0.2, 0.25) is 0 Å². The van der Waals surface area contributed by atoms with E-state index in [9.17, 15) is 19.8 Å². The van der Waals surface area contributed by atoms with E-state index in [2.05, 4.69) is 0 Å². The van der Waals surface area contributed by atoms with Gasteiger partial charge < -0.3 is 19.7 Å². The van der Waals surface area contributed by atoms with Gasteiger partial charge in [0.1, 0.15) is 23.0 Å². The topological polar surface area (TPSA) is 96.3 Å². The number of halogens is 2. The highest BCUT2D eigenvalue weighted by Gasteiger charge is 2.47. The molecule has 0 saturated carbocycles.